The summed E-state index contributed by atoms with van der Waals surface area (Å²) in [6, 6.07) is 11.3. The van der Waals surface area contributed by atoms with E-state index in [2.05, 4.69) is 10.1 Å². The molecule has 0 atom stereocenters. The van der Waals surface area contributed by atoms with Crippen LogP contribution in [-0.4, -0.2) is 36.9 Å². The number of para-hydroxylation sites is 1. The van der Waals surface area contributed by atoms with Crippen LogP contribution in [0.25, 0.3) is 16.9 Å². The van der Waals surface area contributed by atoms with Crippen molar-refractivity contribution in [2.45, 2.75) is 25.6 Å². The molecule has 4 rings (SSSR count). The lowest BCUT2D eigenvalue weighted by Crippen LogP contribution is -2.17. The van der Waals surface area contributed by atoms with Crippen LogP contribution in [0, 0.1) is 0 Å². The van der Waals surface area contributed by atoms with Crippen LogP contribution in [0.1, 0.15) is 18.4 Å². The van der Waals surface area contributed by atoms with Crippen LogP contribution < -0.4 is 19.5 Å². The monoisotopic (exact) mass is 433 g/mol. The maximum Gasteiger partial charge on any atom is 0.573 e. The zero-order chi connectivity index (χ0) is 22.0. The lowest BCUT2D eigenvalue weighted by molar-refractivity contribution is -0.274. The average molecular weight is 433 g/mol. The number of hydrogen-bond acceptors (Lipinski definition) is 5. The molecule has 164 valence electrons. The van der Waals surface area contributed by atoms with Crippen LogP contribution in [0.2, 0.25) is 0 Å². The van der Waals surface area contributed by atoms with Gasteiger partial charge < -0.3 is 19.5 Å². The summed E-state index contributed by atoms with van der Waals surface area (Å²) in [6.45, 7) is 0.780. The van der Waals surface area contributed by atoms with Gasteiger partial charge in [-0.2, -0.15) is 5.10 Å². The molecule has 0 spiro atoms. The fraction of sp³-hybridized carbons (Fsp3) is 0.318. The molecule has 2 heterocycles. The Kier molecular flexibility index (Phi) is 5.67. The summed E-state index contributed by atoms with van der Waals surface area (Å²) in [4.78, 5) is 0. The van der Waals surface area contributed by atoms with Gasteiger partial charge in [0.05, 0.1) is 19.9 Å². The van der Waals surface area contributed by atoms with Gasteiger partial charge in [-0.1, -0.05) is 6.07 Å². The first-order chi connectivity index (χ1) is 14.9. The van der Waals surface area contributed by atoms with Crippen molar-refractivity contribution < 1.29 is 27.4 Å². The predicted octanol–water partition coefficient (Wildman–Crippen LogP) is 5.20. The molecule has 0 saturated carbocycles. The minimum atomic E-state index is -4.73. The van der Waals surface area contributed by atoms with Crippen LogP contribution in [0.15, 0.2) is 42.5 Å². The number of ether oxygens (including phenoxy) is 3. The van der Waals surface area contributed by atoms with E-state index in [9.17, 15) is 13.2 Å². The van der Waals surface area contributed by atoms with E-state index >= 15 is 0 Å². The first-order valence-corrected chi connectivity index (χ1v) is 9.84. The van der Waals surface area contributed by atoms with Crippen LogP contribution in [0.3, 0.4) is 0 Å². The molecule has 1 N–H and O–H groups in total. The SMILES string of the molecule is COc1cccc(-c2nn(-c3ccc(OC(F)(F)F)cc3)c3c2CCCCN3)c1OC. The summed E-state index contributed by atoms with van der Waals surface area (Å²) in [6.07, 6.45) is -1.93. The van der Waals surface area contributed by atoms with E-state index in [0.29, 0.717) is 17.2 Å². The van der Waals surface area contributed by atoms with Crippen molar-refractivity contribution in [1.29, 1.82) is 0 Å². The second-order valence-electron chi connectivity index (χ2n) is 7.05. The van der Waals surface area contributed by atoms with Gasteiger partial charge in [0.25, 0.3) is 0 Å². The Hall–Kier alpha value is -3.36. The lowest BCUT2D eigenvalue weighted by Gasteiger charge is -2.12. The molecule has 31 heavy (non-hydrogen) atoms. The summed E-state index contributed by atoms with van der Waals surface area (Å²) in [5.74, 6) is 1.72. The van der Waals surface area contributed by atoms with Crippen molar-refractivity contribution in [3.8, 4) is 34.2 Å². The quantitative estimate of drug-likeness (QED) is 0.599. The molecule has 0 fully saturated rings. The summed E-state index contributed by atoms with van der Waals surface area (Å²) < 4.78 is 54.2. The van der Waals surface area contributed by atoms with Crippen molar-refractivity contribution in [3.05, 3.63) is 48.0 Å². The van der Waals surface area contributed by atoms with E-state index < -0.39 is 6.36 Å². The first-order valence-electron chi connectivity index (χ1n) is 9.84. The molecule has 9 heteroatoms. The number of aromatic nitrogens is 2. The zero-order valence-corrected chi connectivity index (χ0v) is 17.1. The van der Waals surface area contributed by atoms with E-state index in [1.807, 2.05) is 18.2 Å². The summed E-state index contributed by atoms with van der Waals surface area (Å²) in [5, 5.41) is 8.24. The fourth-order valence-electron chi connectivity index (χ4n) is 3.77. The number of methoxy groups -OCH3 is 2. The highest BCUT2D eigenvalue weighted by atomic mass is 19.4. The second kappa shape index (κ2) is 8.41. The molecule has 0 bridgehead atoms. The topological polar surface area (TPSA) is 57.5 Å². The average Bonchev–Trinajstić information content (AvgIpc) is 2.93. The fourth-order valence-corrected chi connectivity index (χ4v) is 3.77. The maximum atomic E-state index is 12.5. The Bertz CT molecular complexity index is 1060. The van der Waals surface area contributed by atoms with Crippen molar-refractivity contribution in [2.24, 2.45) is 0 Å². The number of nitrogens with one attached hydrogen (secondary N) is 1. The summed E-state index contributed by atoms with van der Waals surface area (Å²) in [5.41, 5.74) is 3.18. The molecule has 0 unspecified atom stereocenters. The number of fused-ring (bicyclic) bond motifs is 1. The molecule has 0 radical (unpaired) electrons. The van der Waals surface area contributed by atoms with Crippen molar-refractivity contribution in [2.75, 3.05) is 26.1 Å². The molecule has 0 amide bonds. The van der Waals surface area contributed by atoms with Crippen molar-refractivity contribution in [1.82, 2.24) is 9.78 Å². The number of nitrogens with zero attached hydrogens (tertiary/aromatic N) is 2. The van der Waals surface area contributed by atoms with Crippen molar-refractivity contribution >= 4 is 5.82 Å². The van der Waals surface area contributed by atoms with Gasteiger partial charge >= 0.3 is 6.36 Å². The minimum absolute atomic E-state index is 0.280. The molecule has 3 aromatic rings. The predicted molar refractivity (Wildman–Crippen MR) is 110 cm³/mol. The van der Waals surface area contributed by atoms with Gasteiger partial charge in [0.15, 0.2) is 11.5 Å². The molecular formula is C22H22F3N3O3. The maximum absolute atomic E-state index is 12.5. The Labute approximate surface area is 177 Å². The van der Waals surface area contributed by atoms with Gasteiger partial charge in [0.2, 0.25) is 0 Å². The highest BCUT2D eigenvalue weighted by molar-refractivity contribution is 5.77. The molecule has 2 aromatic carbocycles. The third-order valence-corrected chi connectivity index (χ3v) is 5.10. The third-order valence-electron chi connectivity index (χ3n) is 5.10. The highest BCUT2D eigenvalue weighted by Crippen LogP contribution is 2.42. The van der Waals surface area contributed by atoms with Crippen LogP contribution in [0.5, 0.6) is 17.2 Å². The van der Waals surface area contributed by atoms with Gasteiger partial charge in [-0.3, -0.25) is 0 Å². The first kappa shape index (κ1) is 20.9. The van der Waals surface area contributed by atoms with E-state index in [-0.39, 0.29) is 5.75 Å². The standard InChI is InChI=1S/C22H22F3N3O3/c1-29-18-8-5-7-16(20(18)30-2)19-17-6-3-4-13-26-21(17)28(27-19)14-9-11-15(12-10-14)31-22(23,24)25/h5,7-12,26H,3-4,6,13H2,1-2H3. The Morgan fingerprint density at radius 2 is 1.77 bits per heavy atom. The number of anilines is 1. The van der Waals surface area contributed by atoms with Gasteiger partial charge in [0, 0.05) is 17.7 Å². The number of benzene rings is 2. The molecule has 1 aliphatic rings. The van der Waals surface area contributed by atoms with E-state index in [1.165, 1.54) is 12.1 Å². The molecule has 1 aromatic heterocycles. The Morgan fingerprint density at radius 3 is 2.45 bits per heavy atom. The zero-order valence-electron chi connectivity index (χ0n) is 17.1. The number of halogens is 3. The minimum Gasteiger partial charge on any atom is -0.493 e. The van der Waals surface area contributed by atoms with Gasteiger partial charge in [-0.05, 0) is 55.7 Å². The summed E-state index contributed by atoms with van der Waals surface area (Å²) in [7, 11) is 3.15. The molecule has 6 nitrogen and oxygen atoms in total. The second-order valence-corrected chi connectivity index (χ2v) is 7.05. The van der Waals surface area contributed by atoms with E-state index in [4.69, 9.17) is 14.6 Å². The van der Waals surface area contributed by atoms with Gasteiger partial charge in [-0.15, -0.1) is 13.2 Å². The number of hydrogen-bond donors (Lipinski definition) is 1. The number of alkyl halides is 3. The number of rotatable bonds is 5. The molecular weight excluding hydrogens is 411 g/mol. The molecule has 0 saturated heterocycles. The highest BCUT2D eigenvalue weighted by Gasteiger charge is 2.31. The van der Waals surface area contributed by atoms with Crippen molar-refractivity contribution in [3.63, 3.8) is 0 Å². The normalized spacial score (nSPS) is 13.7. The van der Waals surface area contributed by atoms with Gasteiger partial charge in [-0.25, -0.2) is 4.68 Å². The smallest absolute Gasteiger partial charge is 0.493 e. The van der Waals surface area contributed by atoms with Crippen LogP contribution in [0.4, 0.5) is 19.0 Å². The summed E-state index contributed by atoms with van der Waals surface area (Å²) >= 11 is 0. The van der Waals surface area contributed by atoms with E-state index in [0.717, 1.165) is 48.4 Å². The Morgan fingerprint density at radius 1 is 1.00 bits per heavy atom. The lowest BCUT2D eigenvalue weighted by atomic mass is 10.0. The molecule has 0 aliphatic carbocycles. The van der Waals surface area contributed by atoms with E-state index in [1.54, 1.807) is 31.0 Å². The largest absolute Gasteiger partial charge is 0.573 e. The van der Waals surface area contributed by atoms with Gasteiger partial charge in [0.1, 0.15) is 17.3 Å². The molecule has 1 aliphatic heterocycles. The Balaban J connectivity index is 1.82. The van der Waals surface area contributed by atoms with Crippen LogP contribution in [-0.2, 0) is 6.42 Å². The third kappa shape index (κ3) is 4.26. The van der Waals surface area contributed by atoms with Crippen LogP contribution >= 0.6 is 0 Å².